The van der Waals surface area contributed by atoms with Crippen LogP contribution in [0.15, 0.2) is 23.1 Å². The summed E-state index contributed by atoms with van der Waals surface area (Å²) in [5.41, 5.74) is -0.240. The SMILES string of the molecule is O=[N+]([O-])c1ccc(S(=O)(=O)NCCC2CCNC2)c(Cl)c1. The minimum atomic E-state index is -3.75. The summed E-state index contributed by atoms with van der Waals surface area (Å²) in [6.45, 7) is 2.19. The Balaban J connectivity index is 2.03. The fourth-order valence-electron chi connectivity index (χ4n) is 2.26. The van der Waals surface area contributed by atoms with Crippen molar-refractivity contribution in [1.29, 1.82) is 0 Å². The third-order valence-corrected chi connectivity index (χ3v) is 5.37. The number of nitro groups is 1. The second-order valence-corrected chi connectivity index (χ2v) is 7.06. The highest BCUT2D eigenvalue weighted by Gasteiger charge is 2.21. The number of non-ortho nitro benzene ring substituents is 1. The number of hydrogen-bond acceptors (Lipinski definition) is 5. The zero-order valence-electron chi connectivity index (χ0n) is 11.2. The van der Waals surface area contributed by atoms with Crippen molar-refractivity contribution in [2.24, 2.45) is 5.92 Å². The van der Waals surface area contributed by atoms with Gasteiger partial charge in [0.15, 0.2) is 0 Å². The van der Waals surface area contributed by atoms with Crippen LogP contribution < -0.4 is 10.0 Å². The summed E-state index contributed by atoms with van der Waals surface area (Å²) < 4.78 is 26.7. The molecule has 1 aromatic rings. The zero-order chi connectivity index (χ0) is 15.5. The van der Waals surface area contributed by atoms with Crippen LogP contribution in [-0.4, -0.2) is 33.0 Å². The van der Waals surface area contributed by atoms with E-state index in [9.17, 15) is 18.5 Å². The fourth-order valence-corrected chi connectivity index (χ4v) is 3.84. The number of nitro benzene ring substituents is 1. The predicted molar refractivity (Wildman–Crippen MR) is 78.9 cm³/mol. The van der Waals surface area contributed by atoms with Gasteiger partial charge in [0.25, 0.3) is 5.69 Å². The molecule has 0 spiro atoms. The summed E-state index contributed by atoms with van der Waals surface area (Å²) >= 11 is 5.83. The molecule has 2 N–H and O–H groups in total. The van der Waals surface area contributed by atoms with Gasteiger partial charge in [-0.3, -0.25) is 10.1 Å². The largest absolute Gasteiger partial charge is 0.316 e. The number of benzene rings is 1. The summed E-state index contributed by atoms with van der Waals surface area (Å²) in [6.07, 6.45) is 1.79. The number of rotatable bonds is 6. The van der Waals surface area contributed by atoms with Crippen LogP contribution in [0.1, 0.15) is 12.8 Å². The highest BCUT2D eigenvalue weighted by Crippen LogP contribution is 2.26. The van der Waals surface area contributed by atoms with E-state index in [1.54, 1.807) is 0 Å². The summed E-state index contributed by atoms with van der Waals surface area (Å²) in [5, 5.41) is 13.7. The Hall–Kier alpha value is -1.22. The molecule has 1 fully saturated rings. The van der Waals surface area contributed by atoms with Crippen molar-refractivity contribution >= 4 is 27.3 Å². The van der Waals surface area contributed by atoms with Gasteiger partial charge in [-0.2, -0.15) is 0 Å². The van der Waals surface area contributed by atoms with Crippen molar-refractivity contribution in [3.05, 3.63) is 33.3 Å². The van der Waals surface area contributed by atoms with Gasteiger partial charge in [-0.25, -0.2) is 13.1 Å². The van der Waals surface area contributed by atoms with Crippen LogP contribution in [-0.2, 0) is 10.0 Å². The van der Waals surface area contributed by atoms with Crippen molar-refractivity contribution < 1.29 is 13.3 Å². The quantitative estimate of drug-likeness (QED) is 0.607. The predicted octanol–water partition coefficient (Wildman–Crippen LogP) is 1.53. The number of sulfonamides is 1. The standard InChI is InChI=1S/C12H16ClN3O4S/c13-11-7-10(16(17)18)1-2-12(11)21(19,20)15-6-4-9-3-5-14-8-9/h1-2,7,9,14-15H,3-6,8H2. The molecule has 21 heavy (non-hydrogen) atoms. The maximum absolute atomic E-state index is 12.1. The summed E-state index contributed by atoms with van der Waals surface area (Å²) in [5.74, 6) is 0.472. The minimum Gasteiger partial charge on any atom is -0.316 e. The molecule has 1 heterocycles. The number of nitrogens with zero attached hydrogens (tertiary/aromatic N) is 1. The third kappa shape index (κ3) is 4.13. The Kier molecular flexibility index (Phi) is 5.15. The highest BCUT2D eigenvalue weighted by molar-refractivity contribution is 7.89. The molecule has 0 amide bonds. The van der Waals surface area contributed by atoms with E-state index in [1.165, 1.54) is 0 Å². The topological polar surface area (TPSA) is 101 Å². The second-order valence-electron chi connectivity index (χ2n) is 4.92. The lowest BCUT2D eigenvalue weighted by molar-refractivity contribution is -0.384. The van der Waals surface area contributed by atoms with Crippen LogP contribution in [0.2, 0.25) is 5.02 Å². The van der Waals surface area contributed by atoms with Crippen LogP contribution in [0.3, 0.4) is 0 Å². The van der Waals surface area contributed by atoms with E-state index >= 15 is 0 Å². The maximum Gasteiger partial charge on any atom is 0.271 e. The lowest BCUT2D eigenvalue weighted by Crippen LogP contribution is -2.27. The second kappa shape index (κ2) is 6.69. The fraction of sp³-hybridized carbons (Fsp3) is 0.500. The third-order valence-electron chi connectivity index (χ3n) is 3.42. The molecule has 1 aliphatic heterocycles. The Labute approximate surface area is 127 Å². The summed E-state index contributed by atoms with van der Waals surface area (Å²) in [4.78, 5) is 9.85. The molecule has 0 bridgehead atoms. The molecule has 1 aliphatic rings. The van der Waals surface area contributed by atoms with Crippen molar-refractivity contribution in [2.45, 2.75) is 17.7 Å². The van der Waals surface area contributed by atoms with E-state index in [-0.39, 0.29) is 15.6 Å². The first-order chi connectivity index (χ1) is 9.90. The van der Waals surface area contributed by atoms with Crippen LogP contribution in [0, 0.1) is 16.0 Å². The van der Waals surface area contributed by atoms with Crippen LogP contribution >= 0.6 is 11.6 Å². The van der Waals surface area contributed by atoms with E-state index in [2.05, 4.69) is 10.0 Å². The molecular weight excluding hydrogens is 318 g/mol. The van der Waals surface area contributed by atoms with Crippen LogP contribution in [0.5, 0.6) is 0 Å². The van der Waals surface area contributed by atoms with Crippen molar-refractivity contribution in [3.63, 3.8) is 0 Å². The molecule has 0 saturated carbocycles. The molecule has 0 aromatic heterocycles. The molecular formula is C12H16ClN3O4S. The number of nitrogens with one attached hydrogen (secondary N) is 2. The van der Waals surface area contributed by atoms with Gasteiger partial charge in [-0.1, -0.05) is 11.6 Å². The van der Waals surface area contributed by atoms with Gasteiger partial charge in [0, 0.05) is 18.7 Å². The summed E-state index contributed by atoms with van der Waals surface area (Å²) in [7, 11) is -3.75. The van der Waals surface area contributed by atoms with Gasteiger partial charge in [0.05, 0.1) is 9.95 Å². The summed E-state index contributed by atoms with van der Waals surface area (Å²) in [6, 6.07) is 3.32. The normalized spacial score (nSPS) is 18.8. The number of hydrogen-bond donors (Lipinski definition) is 2. The van der Waals surface area contributed by atoms with Crippen molar-refractivity contribution in [2.75, 3.05) is 19.6 Å². The van der Waals surface area contributed by atoms with Crippen molar-refractivity contribution in [1.82, 2.24) is 10.0 Å². The molecule has 116 valence electrons. The Morgan fingerprint density at radius 2 is 2.24 bits per heavy atom. The monoisotopic (exact) mass is 333 g/mol. The highest BCUT2D eigenvalue weighted by atomic mass is 35.5. The molecule has 9 heteroatoms. The Morgan fingerprint density at radius 3 is 2.81 bits per heavy atom. The molecule has 7 nitrogen and oxygen atoms in total. The van der Waals surface area contributed by atoms with E-state index in [4.69, 9.17) is 11.6 Å². The zero-order valence-corrected chi connectivity index (χ0v) is 12.8. The van der Waals surface area contributed by atoms with Gasteiger partial charge in [0.1, 0.15) is 4.90 Å². The smallest absolute Gasteiger partial charge is 0.271 e. The van der Waals surface area contributed by atoms with Gasteiger partial charge in [-0.05, 0) is 37.9 Å². The molecule has 1 atom stereocenters. The first-order valence-corrected chi connectivity index (χ1v) is 8.40. The average molecular weight is 334 g/mol. The molecule has 1 saturated heterocycles. The first kappa shape index (κ1) is 16.2. The molecule has 0 radical (unpaired) electrons. The van der Waals surface area contributed by atoms with Crippen LogP contribution in [0.4, 0.5) is 5.69 Å². The molecule has 2 rings (SSSR count). The Morgan fingerprint density at radius 1 is 1.48 bits per heavy atom. The lowest BCUT2D eigenvalue weighted by Gasteiger charge is -2.11. The number of halogens is 1. The lowest BCUT2D eigenvalue weighted by atomic mass is 10.1. The van der Waals surface area contributed by atoms with Gasteiger partial charge in [-0.15, -0.1) is 0 Å². The van der Waals surface area contributed by atoms with E-state index in [0.29, 0.717) is 12.5 Å². The van der Waals surface area contributed by atoms with Gasteiger partial charge >= 0.3 is 0 Å². The van der Waals surface area contributed by atoms with Gasteiger partial charge in [0.2, 0.25) is 10.0 Å². The molecule has 0 aliphatic carbocycles. The van der Waals surface area contributed by atoms with Crippen LogP contribution in [0.25, 0.3) is 0 Å². The van der Waals surface area contributed by atoms with Crippen molar-refractivity contribution in [3.8, 4) is 0 Å². The minimum absolute atomic E-state index is 0.140. The van der Waals surface area contributed by atoms with E-state index < -0.39 is 14.9 Å². The van der Waals surface area contributed by atoms with E-state index in [1.807, 2.05) is 0 Å². The Bertz CT molecular complexity index is 629. The molecule has 1 unspecified atom stereocenters. The van der Waals surface area contributed by atoms with Gasteiger partial charge < -0.3 is 5.32 Å². The first-order valence-electron chi connectivity index (χ1n) is 6.54. The maximum atomic E-state index is 12.1. The van der Waals surface area contributed by atoms with E-state index in [0.717, 1.165) is 44.1 Å². The molecule has 1 aromatic carbocycles. The average Bonchev–Trinajstić information content (AvgIpc) is 2.91.